The molecule has 3 nitrogen and oxygen atoms in total. The highest BCUT2D eigenvalue weighted by atomic mass is 19.1. The fourth-order valence-corrected chi connectivity index (χ4v) is 2.46. The summed E-state index contributed by atoms with van der Waals surface area (Å²) >= 11 is 0. The number of hydrogen-bond acceptors (Lipinski definition) is 2. The van der Waals surface area contributed by atoms with Crippen molar-refractivity contribution in [1.82, 2.24) is 10.2 Å². The third-order valence-electron chi connectivity index (χ3n) is 3.20. The quantitative estimate of drug-likeness (QED) is 0.826. The number of amides is 1. The number of halogens is 1. The van der Waals surface area contributed by atoms with Crippen molar-refractivity contribution in [3.63, 3.8) is 0 Å². The molecular formula is C14H19FN2O. The average Bonchev–Trinajstić information content (AvgIpc) is 2.26. The van der Waals surface area contributed by atoms with Crippen LogP contribution >= 0.6 is 0 Å². The fourth-order valence-electron chi connectivity index (χ4n) is 2.46. The Balaban J connectivity index is 2.20. The lowest BCUT2D eigenvalue weighted by molar-refractivity contribution is 0.0669. The second kappa shape index (κ2) is 5.06. The molecule has 0 saturated carbocycles. The average molecular weight is 250 g/mol. The molecule has 1 aliphatic rings. The van der Waals surface area contributed by atoms with Gasteiger partial charge in [0.05, 0.1) is 5.56 Å². The maximum absolute atomic E-state index is 13.8. The van der Waals surface area contributed by atoms with Gasteiger partial charge in [0.1, 0.15) is 5.82 Å². The van der Waals surface area contributed by atoms with E-state index in [1.54, 1.807) is 17.0 Å². The Kier molecular flexibility index (Phi) is 3.66. The third kappa shape index (κ3) is 2.70. The Morgan fingerprint density at radius 2 is 1.94 bits per heavy atom. The summed E-state index contributed by atoms with van der Waals surface area (Å²) in [5.41, 5.74) is 0.994. The van der Waals surface area contributed by atoms with Gasteiger partial charge in [-0.1, -0.05) is 6.07 Å². The molecule has 0 radical (unpaired) electrons. The smallest absolute Gasteiger partial charge is 0.256 e. The molecule has 0 spiro atoms. The minimum absolute atomic E-state index is 0.168. The molecule has 1 aromatic carbocycles. The highest BCUT2D eigenvalue weighted by Crippen LogP contribution is 2.15. The maximum Gasteiger partial charge on any atom is 0.256 e. The third-order valence-corrected chi connectivity index (χ3v) is 3.20. The molecular weight excluding hydrogens is 231 g/mol. The number of nitrogens with one attached hydrogen (secondary N) is 1. The van der Waals surface area contributed by atoms with Crippen molar-refractivity contribution in [2.24, 2.45) is 0 Å². The number of nitrogens with zero attached hydrogens (tertiary/aromatic N) is 1. The number of carbonyl (C=O) groups excluding carboxylic acids is 1. The van der Waals surface area contributed by atoms with Gasteiger partial charge in [0.15, 0.2) is 0 Å². The molecule has 2 atom stereocenters. The number of piperazine rings is 1. The summed E-state index contributed by atoms with van der Waals surface area (Å²) < 4.78 is 13.8. The van der Waals surface area contributed by atoms with E-state index in [1.807, 2.05) is 20.8 Å². The zero-order chi connectivity index (χ0) is 13.3. The van der Waals surface area contributed by atoms with Crippen molar-refractivity contribution in [1.29, 1.82) is 0 Å². The zero-order valence-corrected chi connectivity index (χ0v) is 11.0. The second-order valence-corrected chi connectivity index (χ2v) is 5.16. The first-order chi connectivity index (χ1) is 8.47. The van der Waals surface area contributed by atoms with E-state index in [0.717, 1.165) is 5.56 Å². The molecule has 1 aromatic rings. The highest BCUT2D eigenvalue weighted by molar-refractivity contribution is 5.94. The van der Waals surface area contributed by atoms with Gasteiger partial charge in [-0.2, -0.15) is 0 Å². The van der Waals surface area contributed by atoms with Crippen LogP contribution in [-0.2, 0) is 0 Å². The lowest BCUT2D eigenvalue weighted by atomic mass is 10.1. The van der Waals surface area contributed by atoms with Crippen LogP contribution in [0.25, 0.3) is 0 Å². The number of aryl methyl sites for hydroxylation is 1. The van der Waals surface area contributed by atoms with E-state index in [0.29, 0.717) is 13.1 Å². The Labute approximate surface area is 107 Å². The fraction of sp³-hybridized carbons (Fsp3) is 0.500. The summed E-state index contributed by atoms with van der Waals surface area (Å²) in [4.78, 5) is 14.0. The Morgan fingerprint density at radius 3 is 2.50 bits per heavy atom. The van der Waals surface area contributed by atoms with Gasteiger partial charge >= 0.3 is 0 Å². The number of benzene rings is 1. The van der Waals surface area contributed by atoms with Crippen molar-refractivity contribution in [2.45, 2.75) is 32.9 Å². The summed E-state index contributed by atoms with van der Waals surface area (Å²) in [7, 11) is 0. The molecule has 1 N–H and O–H groups in total. The number of carbonyl (C=O) groups is 1. The van der Waals surface area contributed by atoms with Crippen molar-refractivity contribution < 1.29 is 9.18 Å². The molecule has 1 fully saturated rings. The lowest BCUT2D eigenvalue weighted by Gasteiger charge is -2.36. The zero-order valence-electron chi connectivity index (χ0n) is 11.0. The molecule has 1 amide bonds. The van der Waals surface area contributed by atoms with Crippen LogP contribution in [0.5, 0.6) is 0 Å². The van der Waals surface area contributed by atoms with Crippen molar-refractivity contribution in [3.8, 4) is 0 Å². The summed E-state index contributed by atoms with van der Waals surface area (Å²) in [6.07, 6.45) is 0. The van der Waals surface area contributed by atoms with Crippen molar-refractivity contribution in [3.05, 3.63) is 35.1 Å². The van der Waals surface area contributed by atoms with Gasteiger partial charge in [-0.25, -0.2) is 4.39 Å². The first kappa shape index (κ1) is 13.0. The van der Waals surface area contributed by atoms with Gasteiger partial charge in [-0.3, -0.25) is 4.79 Å². The topological polar surface area (TPSA) is 32.3 Å². The summed E-state index contributed by atoms with van der Waals surface area (Å²) in [6.45, 7) is 7.11. The molecule has 4 heteroatoms. The molecule has 0 aliphatic carbocycles. The Hall–Kier alpha value is -1.42. The SMILES string of the molecule is Cc1ccc(C(=O)N2C[C@@H](C)N[C@H](C)C2)c(F)c1. The standard InChI is InChI=1S/C14H19FN2O/c1-9-4-5-12(13(15)6-9)14(18)17-7-10(2)16-11(3)8-17/h4-6,10-11,16H,7-8H2,1-3H3/t10-,11-/m1/s1. The maximum atomic E-state index is 13.8. The van der Waals surface area contributed by atoms with Gasteiger partial charge < -0.3 is 10.2 Å². The normalized spacial score (nSPS) is 24.1. The molecule has 1 saturated heterocycles. The van der Waals surface area contributed by atoms with Crippen LogP contribution in [-0.4, -0.2) is 36.0 Å². The van der Waals surface area contributed by atoms with Crippen molar-refractivity contribution >= 4 is 5.91 Å². The van der Waals surface area contributed by atoms with Crippen LogP contribution in [0.15, 0.2) is 18.2 Å². The number of rotatable bonds is 1. The molecule has 18 heavy (non-hydrogen) atoms. The Bertz CT molecular complexity index is 451. The highest BCUT2D eigenvalue weighted by Gasteiger charge is 2.26. The molecule has 0 bridgehead atoms. The largest absolute Gasteiger partial charge is 0.335 e. The van der Waals surface area contributed by atoms with Crippen LogP contribution in [0.1, 0.15) is 29.8 Å². The molecule has 0 unspecified atom stereocenters. The van der Waals surface area contributed by atoms with Gasteiger partial charge in [0.2, 0.25) is 0 Å². The molecule has 2 rings (SSSR count). The minimum Gasteiger partial charge on any atom is -0.335 e. The minimum atomic E-state index is -0.432. The summed E-state index contributed by atoms with van der Waals surface area (Å²) in [5.74, 6) is -0.647. The summed E-state index contributed by atoms with van der Waals surface area (Å²) in [5, 5.41) is 3.35. The van der Waals surface area contributed by atoms with Crippen LogP contribution in [0.3, 0.4) is 0 Å². The number of hydrogen-bond donors (Lipinski definition) is 1. The second-order valence-electron chi connectivity index (χ2n) is 5.16. The van der Waals surface area contributed by atoms with Crippen molar-refractivity contribution in [2.75, 3.05) is 13.1 Å². The van der Waals surface area contributed by atoms with Crippen LogP contribution in [0, 0.1) is 12.7 Å². The van der Waals surface area contributed by atoms with Crippen LogP contribution < -0.4 is 5.32 Å². The van der Waals surface area contributed by atoms with E-state index < -0.39 is 5.82 Å². The van der Waals surface area contributed by atoms with Gasteiger partial charge in [-0.15, -0.1) is 0 Å². The van der Waals surface area contributed by atoms with Crippen LogP contribution in [0.4, 0.5) is 4.39 Å². The first-order valence-corrected chi connectivity index (χ1v) is 6.29. The van der Waals surface area contributed by atoms with E-state index in [4.69, 9.17) is 0 Å². The van der Waals surface area contributed by atoms with E-state index in [2.05, 4.69) is 5.32 Å². The molecule has 98 valence electrons. The predicted molar refractivity (Wildman–Crippen MR) is 69.1 cm³/mol. The van der Waals surface area contributed by atoms with Gasteiger partial charge in [0.25, 0.3) is 5.91 Å². The monoisotopic (exact) mass is 250 g/mol. The van der Waals surface area contributed by atoms with E-state index >= 15 is 0 Å². The van der Waals surface area contributed by atoms with Gasteiger partial charge in [-0.05, 0) is 38.5 Å². The molecule has 1 aliphatic heterocycles. The van der Waals surface area contributed by atoms with E-state index in [1.165, 1.54) is 6.07 Å². The predicted octanol–water partition coefficient (Wildman–Crippen LogP) is 1.96. The molecule has 1 heterocycles. The summed E-state index contributed by atoms with van der Waals surface area (Å²) in [6, 6.07) is 5.23. The van der Waals surface area contributed by atoms with Crippen LogP contribution in [0.2, 0.25) is 0 Å². The lowest BCUT2D eigenvalue weighted by Crippen LogP contribution is -2.55. The van der Waals surface area contributed by atoms with E-state index in [-0.39, 0.29) is 23.6 Å². The molecule has 0 aromatic heterocycles. The first-order valence-electron chi connectivity index (χ1n) is 6.29. The Morgan fingerprint density at radius 1 is 1.33 bits per heavy atom. The van der Waals surface area contributed by atoms with Gasteiger partial charge in [0, 0.05) is 25.2 Å². The van der Waals surface area contributed by atoms with E-state index in [9.17, 15) is 9.18 Å².